The quantitative estimate of drug-likeness (QED) is 0.717. The van der Waals surface area contributed by atoms with Gasteiger partial charge in [-0.15, -0.1) is 0 Å². The molecule has 0 spiro atoms. The molecule has 1 amide bonds. The lowest BCUT2D eigenvalue weighted by atomic mass is 10.0. The van der Waals surface area contributed by atoms with Crippen LogP contribution in [0.2, 0.25) is 0 Å². The van der Waals surface area contributed by atoms with E-state index in [0.29, 0.717) is 17.6 Å². The Labute approximate surface area is 147 Å². The fourth-order valence-corrected chi connectivity index (χ4v) is 2.34. The molecule has 0 aliphatic carbocycles. The topological polar surface area (TPSA) is 66.9 Å². The van der Waals surface area contributed by atoms with E-state index in [1.807, 2.05) is 54.6 Å². The molecule has 126 valence electrons. The molecule has 1 heterocycles. The molecule has 25 heavy (non-hydrogen) atoms. The number of carbonyl (C=O) groups is 1. The zero-order chi connectivity index (χ0) is 17.6. The predicted molar refractivity (Wildman–Crippen MR) is 100 cm³/mol. The van der Waals surface area contributed by atoms with Gasteiger partial charge in [-0.2, -0.15) is 0 Å². The highest BCUT2D eigenvalue weighted by Gasteiger charge is 2.10. The average Bonchev–Trinajstić information content (AvgIpc) is 2.63. The van der Waals surface area contributed by atoms with E-state index >= 15 is 0 Å². The summed E-state index contributed by atoms with van der Waals surface area (Å²) < 4.78 is 0. The third-order valence-corrected chi connectivity index (χ3v) is 3.75. The Hall–Kier alpha value is -3.21. The van der Waals surface area contributed by atoms with Crippen molar-refractivity contribution in [2.24, 2.45) is 0 Å². The van der Waals surface area contributed by atoms with Crippen LogP contribution in [0.5, 0.6) is 0 Å². The summed E-state index contributed by atoms with van der Waals surface area (Å²) in [4.78, 5) is 20.8. The first-order chi connectivity index (χ1) is 12.1. The number of aromatic nitrogens is 2. The molecule has 0 atom stereocenters. The monoisotopic (exact) mass is 332 g/mol. The highest BCUT2D eigenvalue weighted by molar-refractivity contribution is 6.03. The smallest absolute Gasteiger partial charge is 0.274 e. The predicted octanol–water partition coefficient (Wildman–Crippen LogP) is 4.60. The number of anilines is 3. The highest BCUT2D eigenvalue weighted by Crippen LogP contribution is 2.18. The van der Waals surface area contributed by atoms with Crippen molar-refractivity contribution in [3.8, 4) is 0 Å². The van der Waals surface area contributed by atoms with Crippen molar-refractivity contribution in [1.29, 1.82) is 0 Å². The standard InChI is InChI=1S/C20H20N4O/c1-14(2)15-8-10-17(11-9-15)22-19(25)18-12-13-21-20(24-18)23-16-6-4-3-5-7-16/h3-14H,1-2H3,(H,22,25)(H,21,23,24). The van der Waals surface area contributed by atoms with Crippen LogP contribution in [0.3, 0.4) is 0 Å². The zero-order valence-corrected chi connectivity index (χ0v) is 14.2. The molecule has 0 aliphatic rings. The van der Waals surface area contributed by atoms with Crippen molar-refractivity contribution < 1.29 is 4.79 Å². The van der Waals surface area contributed by atoms with Crippen molar-refractivity contribution in [3.05, 3.63) is 78.1 Å². The molecule has 0 radical (unpaired) electrons. The number of nitrogens with one attached hydrogen (secondary N) is 2. The summed E-state index contributed by atoms with van der Waals surface area (Å²) in [7, 11) is 0. The van der Waals surface area contributed by atoms with E-state index in [2.05, 4.69) is 34.4 Å². The van der Waals surface area contributed by atoms with E-state index in [4.69, 9.17) is 0 Å². The number of benzene rings is 2. The van der Waals surface area contributed by atoms with Crippen LogP contribution in [0, 0.1) is 0 Å². The minimum atomic E-state index is -0.268. The fourth-order valence-electron chi connectivity index (χ4n) is 2.34. The third kappa shape index (κ3) is 4.41. The summed E-state index contributed by atoms with van der Waals surface area (Å²) in [5.74, 6) is 0.572. The number of para-hydroxylation sites is 1. The lowest BCUT2D eigenvalue weighted by molar-refractivity contribution is 0.102. The van der Waals surface area contributed by atoms with Crippen LogP contribution in [0.1, 0.15) is 35.8 Å². The van der Waals surface area contributed by atoms with Gasteiger partial charge in [0.15, 0.2) is 0 Å². The molecular weight excluding hydrogens is 312 g/mol. The summed E-state index contributed by atoms with van der Waals surface area (Å²) in [5.41, 5.74) is 3.14. The first-order valence-corrected chi connectivity index (χ1v) is 8.18. The van der Waals surface area contributed by atoms with Crippen molar-refractivity contribution in [3.63, 3.8) is 0 Å². The number of rotatable bonds is 5. The molecule has 5 nitrogen and oxygen atoms in total. The van der Waals surface area contributed by atoms with E-state index in [9.17, 15) is 4.79 Å². The number of hydrogen-bond acceptors (Lipinski definition) is 4. The second-order valence-electron chi connectivity index (χ2n) is 5.99. The van der Waals surface area contributed by atoms with E-state index in [0.717, 1.165) is 11.4 Å². The van der Waals surface area contributed by atoms with Gasteiger partial charge in [0.2, 0.25) is 5.95 Å². The van der Waals surface area contributed by atoms with Gasteiger partial charge in [-0.1, -0.05) is 44.2 Å². The maximum Gasteiger partial charge on any atom is 0.274 e. The van der Waals surface area contributed by atoms with E-state index in [-0.39, 0.29) is 5.91 Å². The SMILES string of the molecule is CC(C)c1ccc(NC(=O)c2ccnc(Nc3ccccc3)n2)cc1. The Balaban J connectivity index is 1.70. The summed E-state index contributed by atoms with van der Waals surface area (Å²) in [6, 6.07) is 19.0. The Morgan fingerprint density at radius 1 is 0.920 bits per heavy atom. The van der Waals surface area contributed by atoms with Gasteiger partial charge in [-0.05, 0) is 41.8 Å². The largest absolute Gasteiger partial charge is 0.324 e. The maximum absolute atomic E-state index is 12.4. The van der Waals surface area contributed by atoms with Gasteiger partial charge in [0.05, 0.1) is 0 Å². The molecule has 2 N–H and O–H groups in total. The molecule has 0 saturated heterocycles. The molecule has 0 bridgehead atoms. The summed E-state index contributed by atoms with van der Waals surface area (Å²) in [5, 5.41) is 5.94. The second-order valence-corrected chi connectivity index (χ2v) is 5.99. The Bertz CT molecular complexity index is 845. The molecule has 2 aromatic carbocycles. The van der Waals surface area contributed by atoms with Gasteiger partial charge >= 0.3 is 0 Å². The van der Waals surface area contributed by atoms with Crippen molar-refractivity contribution in [2.75, 3.05) is 10.6 Å². The minimum absolute atomic E-state index is 0.268. The number of hydrogen-bond donors (Lipinski definition) is 2. The van der Waals surface area contributed by atoms with E-state index in [1.165, 1.54) is 5.56 Å². The van der Waals surface area contributed by atoms with Crippen molar-refractivity contribution in [1.82, 2.24) is 9.97 Å². The number of nitrogens with zero attached hydrogens (tertiary/aromatic N) is 2. The van der Waals surface area contributed by atoms with E-state index in [1.54, 1.807) is 12.3 Å². The van der Waals surface area contributed by atoms with Gasteiger partial charge in [0.25, 0.3) is 5.91 Å². The normalized spacial score (nSPS) is 10.5. The van der Waals surface area contributed by atoms with Crippen LogP contribution in [0.15, 0.2) is 66.9 Å². The molecule has 5 heteroatoms. The molecule has 0 saturated carbocycles. The van der Waals surface area contributed by atoms with Crippen LogP contribution in [0.25, 0.3) is 0 Å². The van der Waals surface area contributed by atoms with Crippen LogP contribution < -0.4 is 10.6 Å². The number of amides is 1. The molecule has 0 fully saturated rings. The molecule has 0 unspecified atom stereocenters. The summed E-state index contributed by atoms with van der Waals surface area (Å²) >= 11 is 0. The average molecular weight is 332 g/mol. The maximum atomic E-state index is 12.4. The summed E-state index contributed by atoms with van der Waals surface area (Å²) in [6.45, 7) is 4.27. The first kappa shape index (κ1) is 16.6. The zero-order valence-electron chi connectivity index (χ0n) is 14.2. The fraction of sp³-hybridized carbons (Fsp3) is 0.150. The third-order valence-electron chi connectivity index (χ3n) is 3.75. The number of carbonyl (C=O) groups excluding carboxylic acids is 1. The molecule has 0 aliphatic heterocycles. The molecular formula is C20H20N4O. The molecule has 1 aromatic heterocycles. The lowest BCUT2D eigenvalue weighted by Crippen LogP contribution is -2.14. The Kier molecular flexibility index (Phi) is 5.04. The van der Waals surface area contributed by atoms with Gasteiger partial charge in [0, 0.05) is 17.6 Å². The minimum Gasteiger partial charge on any atom is -0.324 e. The molecule has 3 aromatic rings. The Morgan fingerprint density at radius 2 is 1.64 bits per heavy atom. The second kappa shape index (κ2) is 7.57. The van der Waals surface area contributed by atoms with E-state index < -0.39 is 0 Å². The lowest BCUT2D eigenvalue weighted by Gasteiger charge is -2.09. The first-order valence-electron chi connectivity index (χ1n) is 8.18. The Morgan fingerprint density at radius 3 is 2.32 bits per heavy atom. The van der Waals surface area contributed by atoms with Gasteiger partial charge in [-0.25, -0.2) is 9.97 Å². The molecule has 3 rings (SSSR count). The van der Waals surface area contributed by atoms with Gasteiger partial charge < -0.3 is 10.6 Å². The van der Waals surface area contributed by atoms with Crippen molar-refractivity contribution >= 4 is 23.2 Å². The summed E-state index contributed by atoms with van der Waals surface area (Å²) in [6.07, 6.45) is 1.56. The van der Waals surface area contributed by atoms with Crippen LogP contribution >= 0.6 is 0 Å². The van der Waals surface area contributed by atoms with Gasteiger partial charge in [-0.3, -0.25) is 4.79 Å². The van der Waals surface area contributed by atoms with Gasteiger partial charge in [0.1, 0.15) is 5.69 Å². The van der Waals surface area contributed by atoms with Crippen LogP contribution in [-0.4, -0.2) is 15.9 Å². The highest BCUT2D eigenvalue weighted by atomic mass is 16.1. The van der Waals surface area contributed by atoms with Crippen LogP contribution in [-0.2, 0) is 0 Å². The van der Waals surface area contributed by atoms with Crippen molar-refractivity contribution in [2.45, 2.75) is 19.8 Å². The van der Waals surface area contributed by atoms with Crippen LogP contribution in [0.4, 0.5) is 17.3 Å².